The van der Waals surface area contributed by atoms with Crippen molar-refractivity contribution in [2.75, 3.05) is 54.1 Å². The van der Waals surface area contributed by atoms with E-state index < -0.39 is 121 Å². The number of benzene rings is 3. The number of hydrogen-bond donors (Lipinski definition) is 13. The fourth-order valence-electron chi connectivity index (χ4n) is 8.88. The Bertz CT molecular complexity index is 2660. The van der Waals surface area contributed by atoms with Crippen molar-refractivity contribution in [3.8, 4) is 11.5 Å². The quantitative estimate of drug-likeness (QED) is 0.0186. The summed E-state index contributed by atoms with van der Waals surface area (Å²) < 4.78 is 5.29. The molecule has 0 unspecified atom stereocenters. The number of phenolic OH excluding ortho intramolecular Hbond substituents is 2. The molecule has 0 radical (unpaired) electrons. The van der Waals surface area contributed by atoms with Gasteiger partial charge in [-0.3, -0.25) is 63.2 Å². The van der Waals surface area contributed by atoms with Crippen LogP contribution in [0, 0.1) is 11.3 Å². The Labute approximate surface area is 483 Å². The van der Waals surface area contributed by atoms with E-state index >= 15 is 0 Å². The topological polar surface area (TPSA) is 393 Å². The number of phenols is 2. The zero-order chi connectivity index (χ0) is 61.8. The third-order valence-electron chi connectivity index (χ3n) is 13.1. The van der Waals surface area contributed by atoms with Gasteiger partial charge in [0.25, 0.3) is 11.8 Å². The Morgan fingerprint density at radius 3 is 1.61 bits per heavy atom. The number of aromatic hydroxyl groups is 2. The van der Waals surface area contributed by atoms with E-state index in [2.05, 4.69) is 42.5 Å². The van der Waals surface area contributed by atoms with Crippen molar-refractivity contribution in [3.63, 3.8) is 0 Å². The second kappa shape index (κ2) is 35.5. The molecule has 0 saturated carbocycles. The lowest BCUT2D eigenvalue weighted by atomic mass is 9.97. The average molecular weight is 1160 g/mol. The molecule has 3 rings (SSSR count). The van der Waals surface area contributed by atoms with Crippen LogP contribution in [0.2, 0.25) is 0 Å². The highest BCUT2D eigenvalue weighted by atomic mass is 16.5. The SMILES string of the molecule is CNCC(=O)N[C@H](Cc1ccccc1)C(=O)N[C@H](Cc1ccc(O)cc1)C(=O)N(CCCC(=O)[C@H](CCCNC(=N)N)N(C(C)=O)C(=O)[C@H](CC(C)C)NC(=O)[C@@H](COC)NC(=O)[C@H](Cc1ccc(O)cc1)NC(=O)[C@H](CO)NC)C(C)=O. The lowest BCUT2D eigenvalue weighted by Crippen LogP contribution is -2.61. The molecule has 14 N–H and O–H groups in total. The van der Waals surface area contributed by atoms with Gasteiger partial charge in [0.15, 0.2) is 11.7 Å². The molecule has 7 atom stereocenters. The van der Waals surface area contributed by atoms with Crippen LogP contribution in [0.3, 0.4) is 0 Å². The summed E-state index contributed by atoms with van der Waals surface area (Å²) in [5.41, 5.74) is 7.20. The number of hydrogen-bond acceptors (Lipinski definition) is 17. The maximum atomic E-state index is 14.8. The predicted molar refractivity (Wildman–Crippen MR) is 306 cm³/mol. The van der Waals surface area contributed by atoms with Crippen LogP contribution in [0.1, 0.15) is 76.5 Å². The van der Waals surface area contributed by atoms with Gasteiger partial charge in [0.1, 0.15) is 47.8 Å². The Balaban J connectivity index is 1.96. The fraction of sp³-hybridized carbons (Fsp3) is 0.491. The largest absolute Gasteiger partial charge is 0.508 e. The number of carbonyl (C=O) groups is 10. The van der Waals surface area contributed by atoms with Crippen LogP contribution in [0.25, 0.3) is 0 Å². The van der Waals surface area contributed by atoms with Crippen molar-refractivity contribution in [1.82, 2.24) is 52.3 Å². The Morgan fingerprint density at radius 2 is 1.12 bits per heavy atom. The first-order chi connectivity index (χ1) is 39.4. The Kier molecular flexibility index (Phi) is 29.5. The molecule has 0 fully saturated rings. The van der Waals surface area contributed by atoms with Crippen molar-refractivity contribution < 1.29 is 68.0 Å². The van der Waals surface area contributed by atoms with Crippen molar-refractivity contribution in [3.05, 3.63) is 95.6 Å². The van der Waals surface area contributed by atoms with Crippen LogP contribution in [0.15, 0.2) is 78.9 Å². The van der Waals surface area contributed by atoms with Crippen LogP contribution >= 0.6 is 0 Å². The molecule has 83 heavy (non-hydrogen) atoms. The number of likely N-dealkylation sites (N-methyl/N-ethyl adjacent to an activating group) is 2. The van der Waals surface area contributed by atoms with Gasteiger partial charge in [-0.2, -0.15) is 0 Å². The molecule has 3 aromatic carbocycles. The third-order valence-corrected chi connectivity index (χ3v) is 13.1. The highest BCUT2D eigenvalue weighted by Gasteiger charge is 2.39. The van der Waals surface area contributed by atoms with E-state index in [-0.39, 0.29) is 88.0 Å². The second-order valence-corrected chi connectivity index (χ2v) is 20.2. The summed E-state index contributed by atoms with van der Waals surface area (Å²) in [4.78, 5) is 141. The molecule has 0 aliphatic carbocycles. The number of aliphatic hydroxyl groups is 1. The number of nitrogens with zero attached hydrogens (tertiary/aromatic N) is 2. The van der Waals surface area contributed by atoms with Gasteiger partial charge in [-0.15, -0.1) is 0 Å². The number of Topliss-reactive ketones (excluding diaryl/α,β-unsaturated/α-hetero) is 1. The molecular weight excluding hydrogens is 1080 g/mol. The summed E-state index contributed by atoms with van der Waals surface area (Å²) in [6, 6.07) is 10.9. The molecule has 0 heterocycles. The average Bonchev–Trinajstić information content (AvgIpc) is 3.64. The number of rotatable bonds is 35. The molecular formula is C57H82N12O14. The van der Waals surface area contributed by atoms with Crippen molar-refractivity contribution >= 4 is 64.9 Å². The van der Waals surface area contributed by atoms with Gasteiger partial charge in [-0.25, -0.2) is 0 Å². The number of ketones is 1. The number of amides is 9. The minimum absolute atomic E-state index is 0.0412. The van der Waals surface area contributed by atoms with Gasteiger partial charge >= 0.3 is 0 Å². The smallest absolute Gasteiger partial charge is 0.252 e. The van der Waals surface area contributed by atoms with E-state index in [4.69, 9.17) is 15.9 Å². The van der Waals surface area contributed by atoms with E-state index in [1.807, 2.05) is 0 Å². The van der Waals surface area contributed by atoms with Gasteiger partial charge in [-0.1, -0.05) is 68.4 Å². The van der Waals surface area contributed by atoms with E-state index in [0.29, 0.717) is 16.7 Å². The molecule has 26 nitrogen and oxygen atoms in total. The first-order valence-electron chi connectivity index (χ1n) is 27.2. The van der Waals surface area contributed by atoms with Gasteiger partial charge in [0, 0.05) is 59.7 Å². The molecule has 0 saturated heterocycles. The minimum atomic E-state index is -1.51. The first kappa shape index (κ1) is 68.9. The third kappa shape index (κ3) is 23.6. The molecule has 0 bridgehead atoms. The van der Waals surface area contributed by atoms with E-state index in [1.54, 1.807) is 51.2 Å². The van der Waals surface area contributed by atoms with Crippen molar-refractivity contribution in [2.24, 2.45) is 11.7 Å². The number of nitrogens with two attached hydrogens (primary N) is 1. The summed E-state index contributed by atoms with van der Waals surface area (Å²) in [5.74, 6) is -8.76. The van der Waals surface area contributed by atoms with Crippen LogP contribution in [-0.2, 0) is 71.9 Å². The van der Waals surface area contributed by atoms with Crippen LogP contribution in [0.4, 0.5) is 0 Å². The molecule has 3 aromatic rings. The van der Waals surface area contributed by atoms with Gasteiger partial charge in [0.05, 0.1) is 25.8 Å². The molecule has 0 spiro atoms. The summed E-state index contributed by atoms with van der Waals surface area (Å²) >= 11 is 0. The molecule has 0 aliphatic heterocycles. The highest BCUT2D eigenvalue weighted by molar-refractivity contribution is 6.04. The zero-order valence-corrected chi connectivity index (χ0v) is 48.1. The summed E-state index contributed by atoms with van der Waals surface area (Å²) in [6.07, 6.45) is -1.02. The second-order valence-electron chi connectivity index (χ2n) is 20.2. The highest BCUT2D eigenvalue weighted by Crippen LogP contribution is 2.20. The van der Waals surface area contributed by atoms with Crippen molar-refractivity contribution in [2.45, 2.75) is 121 Å². The molecule has 0 aliphatic rings. The number of ether oxygens (including phenoxy) is 1. The fourth-order valence-corrected chi connectivity index (χ4v) is 8.88. The zero-order valence-electron chi connectivity index (χ0n) is 48.1. The van der Waals surface area contributed by atoms with E-state index in [9.17, 15) is 63.3 Å². The molecule has 0 aromatic heterocycles. The Hall–Kier alpha value is -8.33. The van der Waals surface area contributed by atoms with Gasteiger partial charge in [-0.05, 0) is 86.7 Å². The Morgan fingerprint density at radius 1 is 0.627 bits per heavy atom. The number of nitrogens with one attached hydrogen (secondary N) is 9. The molecule has 26 heteroatoms. The summed E-state index contributed by atoms with van der Waals surface area (Å²) in [7, 11) is 4.24. The monoisotopic (exact) mass is 1160 g/mol. The summed E-state index contributed by atoms with van der Waals surface area (Å²) in [6.45, 7) is 4.15. The van der Waals surface area contributed by atoms with Crippen molar-refractivity contribution in [1.29, 1.82) is 5.41 Å². The molecule has 9 amide bonds. The van der Waals surface area contributed by atoms with Gasteiger partial charge < -0.3 is 68.3 Å². The lowest BCUT2D eigenvalue weighted by Gasteiger charge is -2.33. The maximum absolute atomic E-state index is 14.8. The maximum Gasteiger partial charge on any atom is 0.252 e. The molecule has 454 valence electrons. The van der Waals surface area contributed by atoms with E-state index in [0.717, 1.165) is 23.6 Å². The lowest BCUT2D eigenvalue weighted by molar-refractivity contribution is -0.153. The van der Waals surface area contributed by atoms with E-state index in [1.165, 1.54) is 62.7 Å². The predicted octanol–water partition coefficient (Wildman–Crippen LogP) is -1.23. The van der Waals surface area contributed by atoms with Crippen LogP contribution < -0.4 is 48.3 Å². The first-order valence-corrected chi connectivity index (χ1v) is 27.2. The minimum Gasteiger partial charge on any atom is -0.508 e. The number of guanidine groups is 1. The van der Waals surface area contributed by atoms with Gasteiger partial charge in [0.2, 0.25) is 41.4 Å². The van der Waals surface area contributed by atoms with Crippen LogP contribution in [0.5, 0.6) is 11.5 Å². The standard InChI is InChI=1S/C57H82N12O14/c1-34(2)27-44(65-54(80)47(33-83-7)67-52(78)43(64-53(79)46(32-70)61-6)29-38-17-21-40(73)22-18-38)56(82)69(36(4)72)48(15-11-25-62-57(58)59)49(75)16-12-26-68(35(3)71)55(81)45(30-39-19-23-41(74)24-20-39)66-51(77)42(63-50(76)31-60-5)28-37-13-9-8-10-14-37/h8-10,13-14,17-24,34,42-48,60-61,70,73-74H,11-12,15-16,25-33H2,1-7H3,(H,63,76)(H,64,79)(H,65,80)(H,66,77)(H,67,78)(H4,58,59,62)/t42-,43+,44+,45-,46+,47-,48+/m1/s1. The number of carbonyl (C=O) groups excluding carboxylic acids is 10. The summed E-state index contributed by atoms with van der Waals surface area (Å²) in [5, 5.41) is 58.4. The number of imide groups is 2. The number of methoxy groups -OCH3 is 1. The van der Waals surface area contributed by atoms with Crippen LogP contribution in [-0.4, -0.2) is 186 Å². The normalized spacial score (nSPS) is 13.6. The number of aliphatic hydroxyl groups excluding tert-OH is 1.